The third-order valence-electron chi connectivity index (χ3n) is 0.909. The molecule has 0 fully saturated rings. The normalized spacial score (nSPS) is 17.1. The van der Waals surface area contributed by atoms with Crippen LogP contribution >= 0.6 is 0 Å². The molecule has 0 saturated heterocycles. The van der Waals surface area contributed by atoms with E-state index < -0.39 is 0 Å². The van der Waals surface area contributed by atoms with E-state index in [1.54, 1.807) is 7.05 Å². The van der Waals surface area contributed by atoms with Gasteiger partial charge in [0.25, 0.3) is 0 Å². The summed E-state index contributed by atoms with van der Waals surface area (Å²) >= 11 is 10.2. The smallest absolute Gasteiger partial charge is 0.244 e. The van der Waals surface area contributed by atoms with Crippen LogP contribution in [-0.4, -0.2) is 36.5 Å². The van der Waals surface area contributed by atoms with Crippen molar-refractivity contribution in [3.8, 4) is 0 Å². The van der Waals surface area contributed by atoms with Crippen LogP contribution < -0.4 is 0 Å². The van der Waals surface area contributed by atoms with Crippen molar-refractivity contribution >= 4 is 38.6 Å². The Kier molecular flexibility index (Phi) is 4.01. The summed E-state index contributed by atoms with van der Waals surface area (Å²) in [6, 6.07) is 0. The van der Waals surface area contributed by atoms with Crippen LogP contribution in [-0.2, 0) is 33.5 Å². The van der Waals surface area contributed by atoms with Gasteiger partial charge >= 0.3 is 0 Å². The highest BCUT2D eigenvalue weighted by Crippen LogP contribution is 1.99. The maximum Gasteiger partial charge on any atom is 0.244 e. The fraction of sp³-hybridized carbons (Fsp3) is 0.800. The summed E-state index contributed by atoms with van der Waals surface area (Å²) in [4.78, 5) is 4.05. The third kappa shape index (κ3) is 3.09. The van der Waals surface area contributed by atoms with Crippen molar-refractivity contribution in [3.63, 3.8) is 0 Å². The Labute approximate surface area is 75.1 Å². The molecule has 0 aromatic rings. The monoisotopic (exact) mass is 196 g/mol. The number of hydrogen-bond acceptors (Lipinski definition) is 3. The van der Waals surface area contributed by atoms with E-state index in [1.165, 1.54) is 0 Å². The van der Waals surface area contributed by atoms with Gasteiger partial charge in [0, 0.05) is 7.05 Å². The number of aliphatic imine (C=N–C) groups is 1. The minimum absolute atomic E-state index is 0.221. The first-order valence-electron chi connectivity index (χ1n) is 2.75. The molecule has 0 spiro atoms. The second kappa shape index (κ2) is 3.80. The molecule has 0 aliphatic carbocycles. The molecule has 0 rings (SSSR count). The number of nitrogens with zero attached hydrogens (tertiary/aromatic N) is 2. The molecule has 0 radical (unpaired) electrons. The average Bonchev–Trinajstić information content (AvgIpc) is 1.60. The van der Waals surface area contributed by atoms with Crippen molar-refractivity contribution in [2.24, 2.45) is 4.99 Å². The predicted molar refractivity (Wildman–Crippen MR) is 53.5 cm³/mol. The zero-order valence-electron chi connectivity index (χ0n) is 6.62. The van der Waals surface area contributed by atoms with E-state index in [0.717, 1.165) is 5.17 Å². The van der Waals surface area contributed by atoms with Gasteiger partial charge in [-0.3, -0.25) is 0 Å². The molecule has 0 aromatic carbocycles. The molecule has 0 aliphatic rings. The molecule has 0 bridgehead atoms. The van der Waals surface area contributed by atoms with Crippen LogP contribution in [0.5, 0.6) is 0 Å². The molecule has 1 atom stereocenters. The van der Waals surface area contributed by atoms with Gasteiger partial charge in [0.2, 0.25) is 5.17 Å². The van der Waals surface area contributed by atoms with E-state index in [0.29, 0.717) is 3.89 Å². The number of quaternary nitrogens is 1. The first-order valence-corrected chi connectivity index (χ1v) is 5.67. The predicted octanol–water partition coefficient (Wildman–Crippen LogP) is 0.221. The first-order chi connectivity index (χ1) is 4.39. The molecule has 0 N–H and O–H groups in total. The summed E-state index contributed by atoms with van der Waals surface area (Å²) in [7, 11) is 5.30. The van der Waals surface area contributed by atoms with E-state index in [9.17, 15) is 0 Å². The van der Waals surface area contributed by atoms with Crippen LogP contribution in [0.2, 0.25) is 0 Å². The van der Waals surface area contributed by atoms with Crippen LogP contribution in [0.15, 0.2) is 4.99 Å². The summed E-state index contributed by atoms with van der Waals surface area (Å²) in [6.45, 7) is 0. The van der Waals surface area contributed by atoms with Gasteiger partial charge in [0.1, 0.15) is 0 Å². The first kappa shape index (κ1) is 10.6. The summed E-state index contributed by atoms with van der Waals surface area (Å²) in [5, 5.41) is 0.894. The highest BCUT2D eigenvalue weighted by molar-refractivity contribution is 8.36. The van der Waals surface area contributed by atoms with Crippen LogP contribution in [0.4, 0.5) is 0 Å². The van der Waals surface area contributed by atoms with Gasteiger partial charge in [0.15, 0.2) is 0 Å². The summed E-state index contributed by atoms with van der Waals surface area (Å²) in [5.41, 5.74) is 0. The Morgan fingerprint density at radius 3 is 2.00 bits per heavy atom. The Morgan fingerprint density at radius 1 is 1.60 bits per heavy atom. The van der Waals surface area contributed by atoms with E-state index in [2.05, 4.69) is 4.99 Å². The van der Waals surface area contributed by atoms with Gasteiger partial charge in [-0.25, -0.2) is 4.99 Å². The lowest BCUT2D eigenvalue weighted by Gasteiger charge is -2.34. The Hall–Kier alpha value is 0.550. The summed E-state index contributed by atoms with van der Waals surface area (Å²) < 4.78 is 0.333. The molecule has 0 aromatic heterocycles. The van der Waals surface area contributed by atoms with E-state index in [4.69, 9.17) is 24.0 Å². The molecule has 60 valence electrons. The topological polar surface area (TPSA) is 12.4 Å². The van der Waals surface area contributed by atoms with Gasteiger partial charge in [-0.05, 0) is 26.9 Å². The van der Waals surface area contributed by atoms with Crippen LogP contribution in [0.3, 0.4) is 0 Å². The number of amidine groups is 1. The lowest BCUT2D eigenvalue weighted by Crippen LogP contribution is -2.41. The van der Waals surface area contributed by atoms with E-state index in [-0.39, 0.29) is 9.45 Å². The fourth-order valence-corrected chi connectivity index (χ4v) is 2.90. The zero-order chi connectivity index (χ0) is 8.36. The van der Waals surface area contributed by atoms with Gasteiger partial charge in [-0.15, -0.1) is 0 Å². The van der Waals surface area contributed by atoms with Gasteiger partial charge < -0.3 is 16.7 Å². The minimum atomic E-state index is -0.221. The van der Waals surface area contributed by atoms with Crippen molar-refractivity contribution < 1.29 is 3.89 Å². The standard InChI is InChI=1S/C5H12N2S3/c1-6-5(10(4)9)7(2,3)8/h1-4H3. The second-order valence-corrected chi connectivity index (χ2v) is 6.00. The molecular weight excluding hydrogens is 184 g/mol. The van der Waals surface area contributed by atoms with Crippen LogP contribution in [0.25, 0.3) is 0 Å². The molecule has 0 saturated carbocycles. The lowest BCUT2D eigenvalue weighted by molar-refractivity contribution is -0.641. The van der Waals surface area contributed by atoms with Crippen LogP contribution in [0, 0.1) is 0 Å². The highest BCUT2D eigenvalue weighted by Gasteiger charge is 2.11. The molecule has 0 aliphatic heterocycles. The summed E-state index contributed by atoms with van der Waals surface area (Å²) in [5.74, 6) is 0. The van der Waals surface area contributed by atoms with E-state index >= 15 is 0 Å². The van der Waals surface area contributed by atoms with Crippen molar-refractivity contribution in [3.05, 3.63) is 0 Å². The minimum Gasteiger partial charge on any atom is -0.486 e. The Bertz CT molecular complexity index is 168. The van der Waals surface area contributed by atoms with Gasteiger partial charge in [0.05, 0.1) is 14.1 Å². The van der Waals surface area contributed by atoms with Crippen molar-refractivity contribution in [1.82, 2.24) is 0 Å². The van der Waals surface area contributed by atoms with Crippen molar-refractivity contribution in [2.75, 3.05) is 27.4 Å². The molecular formula is C5H12N2S3. The number of hydrogen-bond donors (Lipinski definition) is 0. The maximum atomic E-state index is 5.13. The largest absolute Gasteiger partial charge is 0.486 e. The molecule has 5 heteroatoms. The van der Waals surface area contributed by atoms with Gasteiger partial charge in [-0.1, -0.05) is 0 Å². The molecule has 2 nitrogen and oxygen atoms in total. The molecule has 0 heterocycles. The average molecular weight is 196 g/mol. The Balaban J connectivity index is 4.56. The SMILES string of the molecule is CN=C(S(C)=S)[N+](C)(C)[S-]. The summed E-state index contributed by atoms with van der Waals surface area (Å²) in [6.07, 6.45) is 1.95. The second-order valence-electron chi connectivity index (χ2n) is 2.31. The van der Waals surface area contributed by atoms with Crippen molar-refractivity contribution in [1.29, 1.82) is 0 Å². The van der Waals surface area contributed by atoms with Crippen LogP contribution in [0.1, 0.15) is 0 Å². The maximum absolute atomic E-state index is 5.13. The van der Waals surface area contributed by atoms with Gasteiger partial charge in [-0.2, -0.15) is 0 Å². The Morgan fingerprint density at radius 2 is 2.00 bits per heavy atom. The molecule has 0 amide bonds. The zero-order valence-corrected chi connectivity index (χ0v) is 9.07. The van der Waals surface area contributed by atoms with Crippen molar-refractivity contribution in [2.45, 2.75) is 0 Å². The molecule has 10 heavy (non-hydrogen) atoms. The fourth-order valence-electron chi connectivity index (χ4n) is 0.679. The van der Waals surface area contributed by atoms with E-state index in [1.807, 2.05) is 20.4 Å². The quantitative estimate of drug-likeness (QED) is 0.238. The third-order valence-corrected chi connectivity index (χ3v) is 2.80. The highest BCUT2D eigenvalue weighted by atomic mass is 32.8. The molecule has 1 unspecified atom stereocenters. The number of rotatable bonds is 0. The lowest BCUT2D eigenvalue weighted by atomic mass is 10.9.